The molecule has 0 bridgehead atoms. The molecule has 2 aliphatic rings. The van der Waals surface area contributed by atoms with Crippen LogP contribution in [0.5, 0.6) is 5.75 Å². The van der Waals surface area contributed by atoms with Gasteiger partial charge >= 0.3 is 0 Å². The quantitative estimate of drug-likeness (QED) is 0.802. The first-order valence-corrected chi connectivity index (χ1v) is 9.44. The van der Waals surface area contributed by atoms with Crippen LogP contribution in [0.1, 0.15) is 51.7 Å². The molecule has 0 spiro atoms. The van der Waals surface area contributed by atoms with Crippen molar-refractivity contribution in [2.24, 2.45) is 4.99 Å². The van der Waals surface area contributed by atoms with Crippen molar-refractivity contribution in [1.29, 1.82) is 0 Å². The monoisotopic (exact) mass is 350 g/mol. The Hall–Kier alpha value is -2.36. The molecule has 0 amide bonds. The Morgan fingerprint density at radius 1 is 1.04 bits per heavy atom. The van der Waals surface area contributed by atoms with Crippen LogP contribution < -0.4 is 4.74 Å². The molecule has 26 heavy (non-hydrogen) atoms. The third-order valence-electron chi connectivity index (χ3n) is 5.68. The van der Waals surface area contributed by atoms with Crippen LogP contribution in [0.25, 0.3) is 11.3 Å². The van der Waals surface area contributed by atoms with E-state index >= 15 is 0 Å². The van der Waals surface area contributed by atoms with Gasteiger partial charge in [-0.2, -0.15) is 0 Å². The maximum atomic E-state index is 6.31. The lowest BCUT2D eigenvalue weighted by Gasteiger charge is -2.31. The number of hydrogen-bond acceptors (Lipinski definition) is 4. The molecular weight excluding hydrogens is 324 g/mol. The van der Waals surface area contributed by atoms with Crippen molar-refractivity contribution in [1.82, 2.24) is 4.98 Å². The zero-order valence-corrected chi connectivity index (χ0v) is 16.0. The van der Waals surface area contributed by atoms with Crippen molar-refractivity contribution >= 4 is 5.90 Å². The summed E-state index contributed by atoms with van der Waals surface area (Å²) in [7, 11) is 0. The average molecular weight is 350 g/mol. The van der Waals surface area contributed by atoms with Gasteiger partial charge in [0.2, 0.25) is 5.90 Å². The van der Waals surface area contributed by atoms with Gasteiger partial charge in [0.15, 0.2) is 0 Å². The molecule has 2 aromatic rings. The summed E-state index contributed by atoms with van der Waals surface area (Å²) in [5, 5.41) is 0. The molecule has 0 fully saturated rings. The lowest BCUT2D eigenvalue weighted by atomic mass is 9.74. The van der Waals surface area contributed by atoms with Gasteiger partial charge in [0.05, 0.1) is 17.7 Å². The van der Waals surface area contributed by atoms with Crippen molar-refractivity contribution in [2.45, 2.75) is 51.5 Å². The zero-order valence-electron chi connectivity index (χ0n) is 16.0. The molecule has 0 atom stereocenters. The van der Waals surface area contributed by atoms with Gasteiger partial charge in [-0.05, 0) is 38.3 Å². The highest BCUT2D eigenvalue weighted by Gasteiger charge is 2.36. The van der Waals surface area contributed by atoms with Crippen LogP contribution in [-0.2, 0) is 10.2 Å². The fraction of sp³-hybridized carbons (Fsp3) is 0.455. The molecule has 4 heteroatoms. The van der Waals surface area contributed by atoms with E-state index < -0.39 is 0 Å². The molecule has 0 radical (unpaired) electrons. The number of aromatic nitrogens is 1. The molecule has 4 nitrogen and oxygen atoms in total. The number of fused-ring (bicyclic) bond motifs is 3. The fourth-order valence-electron chi connectivity index (χ4n) is 3.89. The second kappa shape index (κ2) is 6.11. The number of rotatable bonds is 3. The van der Waals surface area contributed by atoms with Gasteiger partial charge in [0, 0.05) is 17.2 Å². The summed E-state index contributed by atoms with van der Waals surface area (Å²) >= 11 is 0. The molecule has 2 aliphatic heterocycles. The summed E-state index contributed by atoms with van der Waals surface area (Å²) in [5.41, 5.74) is 4.12. The first-order valence-electron chi connectivity index (χ1n) is 9.44. The molecule has 4 rings (SSSR count). The van der Waals surface area contributed by atoms with Crippen LogP contribution in [0, 0.1) is 0 Å². The predicted molar refractivity (Wildman–Crippen MR) is 104 cm³/mol. The number of pyridine rings is 1. The molecule has 0 N–H and O–H groups in total. The maximum Gasteiger partial charge on any atom is 0.218 e. The summed E-state index contributed by atoms with van der Waals surface area (Å²) in [6, 6.07) is 10.6. The van der Waals surface area contributed by atoms with Crippen molar-refractivity contribution in [3.63, 3.8) is 0 Å². The minimum Gasteiger partial charge on any atom is -0.490 e. The van der Waals surface area contributed by atoms with Crippen molar-refractivity contribution in [3.05, 3.63) is 47.7 Å². The lowest BCUT2D eigenvalue weighted by molar-refractivity contribution is 0.207. The predicted octanol–water partition coefficient (Wildman–Crippen LogP) is 4.75. The third-order valence-corrected chi connectivity index (χ3v) is 5.68. The molecule has 1 aromatic heterocycles. The van der Waals surface area contributed by atoms with E-state index in [2.05, 4.69) is 57.0 Å². The van der Waals surface area contributed by atoms with Crippen LogP contribution in [0.15, 0.2) is 41.5 Å². The van der Waals surface area contributed by atoms with Gasteiger partial charge in [0.25, 0.3) is 0 Å². The molecule has 3 heterocycles. The first kappa shape index (κ1) is 17.1. The Bertz CT molecular complexity index is 866. The molecule has 136 valence electrons. The van der Waals surface area contributed by atoms with Crippen molar-refractivity contribution < 1.29 is 9.47 Å². The van der Waals surface area contributed by atoms with E-state index in [9.17, 15) is 0 Å². The Kier molecular flexibility index (Phi) is 4.02. The van der Waals surface area contributed by atoms with Gasteiger partial charge in [-0.25, -0.2) is 4.99 Å². The number of aliphatic imine (C=N–C) groups is 1. The molecule has 0 saturated carbocycles. The zero-order chi connectivity index (χ0) is 18.4. The fourth-order valence-corrected chi connectivity index (χ4v) is 3.89. The van der Waals surface area contributed by atoms with E-state index in [1.807, 2.05) is 12.3 Å². The number of hydrogen-bond donors (Lipinski definition) is 0. The lowest BCUT2D eigenvalue weighted by Crippen LogP contribution is -2.31. The van der Waals surface area contributed by atoms with Crippen molar-refractivity contribution in [3.8, 4) is 17.0 Å². The minimum atomic E-state index is -0.185. The number of nitrogens with zero attached hydrogens (tertiary/aromatic N) is 2. The van der Waals surface area contributed by atoms with Crippen LogP contribution >= 0.6 is 0 Å². The van der Waals surface area contributed by atoms with Gasteiger partial charge in [0.1, 0.15) is 18.1 Å². The molecule has 0 aliphatic carbocycles. The number of ether oxygens (including phenoxy) is 2. The highest BCUT2D eigenvalue weighted by atomic mass is 16.5. The molecular formula is C22H26N2O2. The van der Waals surface area contributed by atoms with E-state index in [1.165, 1.54) is 11.1 Å². The van der Waals surface area contributed by atoms with Gasteiger partial charge in [-0.1, -0.05) is 38.1 Å². The van der Waals surface area contributed by atoms with Gasteiger partial charge in [-0.15, -0.1) is 0 Å². The van der Waals surface area contributed by atoms with Crippen LogP contribution in [0.4, 0.5) is 0 Å². The molecule has 0 unspecified atom stereocenters. The van der Waals surface area contributed by atoms with Crippen LogP contribution in [0.2, 0.25) is 0 Å². The maximum absolute atomic E-state index is 6.31. The summed E-state index contributed by atoms with van der Waals surface area (Å²) in [6.45, 7) is 9.87. The van der Waals surface area contributed by atoms with Crippen LogP contribution in [-0.4, -0.2) is 29.6 Å². The Morgan fingerprint density at radius 2 is 1.81 bits per heavy atom. The smallest absolute Gasteiger partial charge is 0.218 e. The second-order valence-corrected chi connectivity index (χ2v) is 7.91. The average Bonchev–Trinajstić information content (AvgIpc) is 2.96. The van der Waals surface area contributed by atoms with Crippen molar-refractivity contribution in [2.75, 3.05) is 13.2 Å². The Morgan fingerprint density at radius 3 is 2.50 bits per heavy atom. The topological polar surface area (TPSA) is 43.7 Å². The summed E-state index contributed by atoms with van der Waals surface area (Å²) in [5.74, 6) is 1.47. The standard InChI is InChI=1S/C22H26N2O2/c1-5-22(6-2)14-25-18-11-15(20-24-21(3,4)13-26-20)12-23-19(18)16-9-7-8-10-17(16)22/h7-12H,5-6,13-14H2,1-4H3. The summed E-state index contributed by atoms with van der Waals surface area (Å²) in [6.07, 6.45) is 3.92. The Balaban J connectivity index is 1.83. The SMILES string of the molecule is CCC1(CC)COc2cc(C3=NC(C)(C)CO3)cnc2-c2ccccc21. The highest BCUT2D eigenvalue weighted by Crippen LogP contribution is 2.44. The van der Waals surface area contributed by atoms with E-state index in [4.69, 9.17) is 14.5 Å². The summed E-state index contributed by atoms with van der Waals surface area (Å²) in [4.78, 5) is 9.43. The number of benzene rings is 1. The molecule has 0 saturated heterocycles. The minimum absolute atomic E-state index is 0.0147. The van der Waals surface area contributed by atoms with E-state index in [0.29, 0.717) is 19.1 Å². The third kappa shape index (κ3) is 2.68. The molecule has 1 aromatic carbocycles. The largest absolute Gasteiger partial charge is 0.490 e. The van der Waals surface area contributed by atoms with Crippen LogP contribution in [0.3, 0.4) is 0 Å². The Labute approximate surface area is 155 Å². The van der Waals surface area contributed by atoms with Gasteiger partial charge < -0.3 is 9.47 Å². The second-order valence-electron chi connectivity index (χ2n) is 7.91. The van der Waals surface area contributed by atoms with Gasteiger partial charge in [-0.3, -0.25) is 4.98 Å². The van der Waals surface area contributed by atoms with E-state index in [1.54, 1.807) is 0 Å². The highest BCUT2D eigenvalue weighted by molar-refractivity contribution is 5.96. The van der Waals surface area contributed by atoms with E-state index in [-0.39, 0.29) is 11.0 Å². The first-order chi connectivity index (χ1) is 12.5. The summed E-state index contributed by atoms with van der Waals surface area (Å²) < 4.78 is 12.1. The normalized spacial score (nSPS) is 19.5. The van der Waals surface area contributed by atoms with E-state index in [0.717, 1.165) is 29.8 Å².